The minimum Gasteiger partial charge on any atom is -0.416 e. The third-order valence-electron chi connectivity index (χ3n) is 1.39. The molecule has 1 saturated heterocycles. The molecule has 12 heavy (non-hydrogen) atoms. The Morgan fingerprint density at radius 2 is 1.08 bits per heavy atom. The van der Waals surface area contributed by atoms with Crippen LogP contribution in [0.25, 0.3) is 0 Å². The van der Waals surface area contributed by atoms with E-state index in [1.165, 1.54) is 0 Å². The smallest absolute Gasteiger partial charge is 0.314 e. The first-order valence-corrected chi connectivity index (χ1v) is 12.0. The summed E-state index contributed by atoms with van der Waals surface area (Å²) in [5.74, 6) is 0. The summed E-state index contributed by atoms with van der Waals surface area (Å²) in [6.45, 7) is 8.61. The monoisotopic (exact) mass is 224 g/mol. The molecular formula is C6H18O3Si3. The van der Waals surface area contributed by atoms with Crippen molar-refractivity contribution in [2.24, 2.45) is 0 Å². The molecule has 6 heteroatoms. The predicted octanol–water partition coefficient (Wildman–Crippen LogP) is 2.16. The zero-order chi connectivity index (χ0) is 11.2. The molecule has 0 saturated carbocycles. The highest BCUT2D eigenvalue weighted by Gasteiger charge is 2.49. The van der Waals surface area contributed by atoms with Gasteiger partial charge >= 0.3 is 25.7 Å². The van der Waals surface area contributed by atoms with Crippen LogP contribution in [0.1, 0.15) is 2.74 Å². The SMILES string of the molecule is [2H]C([2H])[Si]1(C)O[Si](C)(C)O[Si](C)(C)O1. The molecule has 0 aromatic carbocycles. The van der Waals surface area contributed by atoms with Gasteiger partial charge in [-0.25, -0.2) is 0 Å². The van der Waals surface area contributed by atoms with Crippen LogP contribution < -0.4 is 0 Å². The van der Waals surface area contributed by atoms with E-state index in [9.17, 15) is 0 Å². The summed E-state index contributed by atoms with van der Waals surface area (Å²) in [4.78, 5) is 0. The van der Waals surface area contributed by atoms with Crippen molar-refractivity contribution in [1.82, 2.24) is 0 Å². The van der Waals surface area contributed by atoms with Gasteiger partial charge in [0.05, 0.1) is 0 Å². The second-order valence-corrected chi connectivity index (χ2v) is 14.2. The minimum atomic E-state index is -2.65. The van der Waals surface area contributed by atoms with Gasteiger partial charge in [-0.05, 0) is 39.2 Å². The van der Waals surface area contributed by atoms with E-state index in [-0.39, 0.29) is 0 Å². The molecule has 0 spiro atoms. The van der Waals surface area contributed by atoms with Gasteiger partial charge in [-0.1, -0.05) is 0 Å². The molecule has 1 aliphatic heterocycles. The van der Waals surface area contributed by atoms with Gasteiger partial charge in [0.2, 0.25) is 0 Å². The maximum Gasteiger partial charge on any atom is 0.314 e. The van der Waals surface area contributed by atoms with Gasteiger partial charge in [0, 0.05) is 2.74 Å². The van der Waals surface area contributed by atoms with E-state index in [0.29, 0.717) is 0 Å². The first-order valence-electron chi connectivity index (χ1n) is 5.17. The number of hydrogen-bond acceptors (Lipinski definition) is 3. The van der Waals surface area contributed by atoms with Crippen molar-refractivity contribution in [3.05, 3.63) is 0 Å². The minimum absolute atomic E-state index is 1.01. The molecule has 0 bridgehead atoms. The highest BCUT2D eigenvalue weighted by molar-refractivity contribution is 6.92. The Kier molecular flexibility index (Phi) is 1.81. The van der Waals surface area contributed by atoms with E-state index in [1.54, 1.807) is 6.55 Å². The zero-order valence-electron chi connectivity index (χ0n) is 10.3. The molecule has 0 atom stereocenters. The quantitative estimate of drug-likeness (QED) is 0.590. The Labute approximate surface area is 80.6 Å². The van der Waals surface area contributed by atoms with E-state index in [0.717, 1.165) is 0 Å². The Morgan fingerprint density at radius 1 is 0.750 bits per heavy atom. The average Bonchev–Trinajstić information content (AvgIpc) is 1.76. The van der Waals surface area contributed by atoms with Crippen molar-refractivity contribution >= 4 is 25.7 Å². The zero-order valence-corrected chi connectivity index (χ0v) is 11.3. The van der Waals surface area contributed by atoms with E-state index in [4.69, 9.17) is 15.1 Å². The van der Waals surface area contributed by atoms with Crippen LogP contribution >= 0.6 is 0 Å². The van der Waals surface area contributed by atoms with Gasteiger partial charge in [-0.3, -0.25) is 0 Å². The summed E-state index contributed by atoms with van der Waals surface area (Å²) in [5.41, 5.74) is 0. The van der Waals surface area contributed by atoms with Crippen molar-refractivity contribution < 1.29 is 15.1 Å². The molecule has 1 fully saturated rings. The van der Waals surface area contributed by atoms with Crippen LogP contribution in [0.5, 0.6) is 0 Å². The maximum absolute atomic E-state index is 7.49. The van der Waals surface area contributed by atoms with Crippen LogP contribution in [0, 0.1) is 0 Å². The Bertz CT molecular complexity index is 218. The molecule has 1 aliphatic rings. The fourth-order valence-corrected chi connectivity index (χ4v) is 15.8. The largest absolute Gasteiger partial charge is 0.416 e. The number of rotatable bonds is 0. The second kappa shape index (κ2) is 2.76. The Hall–Kier alpha value is 0.531. The van der Waals surface area contributed by atoms with Crippen molar-refractivity contribution in [1.29, 1.82) is 0 Å². The lowest BCUT2D eigenvalue weighted by atomic mass is 11.9. The van der Waals surface area contributed by atoms with Gasteiger partial charge < -0.3 is 12.3 Å². The van der Waals surface area contributed by atoms with Crippen LogP contribution in [-0.2, 0) is 12.3 Å². The normalized spacial score (nSPS) is 34.2. The lowest BCUT2D eigenvalue weighted by Crippen LogP contribution is -2.64. The molecule has 0 amide bonds. The lowest BCUT2D eigenvalue weighted by molar-refractivity contribution is 0.238. The first kappa shape index (κ1) is 7.89. The maximum atomic E-state index is 7.49. The van der Waals surface area contributed by atoms with Crippen molar-refractivity contribution in [3.8, 4) is 0 Å². The van der Waals surface area contributed by atoms with Crippen LogP contribution in [0.2, 0.25) is 39.2 Å². The van der Waals surface area contributed by atoms with Gasteiger partial charge in [-0.15, -0.1) is 0 Å². The van der Waals surface area contributed by atoms with E-state index in [1.807, 2.05) is 26.2 Å². The van der Waals surface area contributed by atoms with Crippen molar-refractivity contribution in [2.45, 2.75) is 39.2 Å². The molecule has 1 heterocycles. The molecule has 3 nitrogen and oxygen atoms in total. The summed E-state index contributed by atoms with van der Waals surface area (Å²) in [6.07, 6.45) is 0. The molecule has 1 rings (SSSR count). The third kappa shape index (κ3) is 2.79. The van der Waals surface area contributed by atoms with Crippen LogP contribution in [0.4, 0.5) is 0 Å². The highest BCUT2D eigenvalue weighted by Crippen LogP contribution is 2.29. The predicted molar refractivity (Wildman–Crippen MR) is 55.7 cm³/mol. The molecule has 0 radical (unpaired) electrons. The van der Waals surface area contributed by atoms with Crippen molar-refractivity contribution in [3.63, 3.8) is 0 Å². The Morgan fingerprint density at radius 3 is 1.42 bits per heavy atom. The van der Waals surface area contributed by atoms with Crippen LogP contribution in [0.3, 0.4) is 0 Å². The number of hydrogen-bond donors (Lipinski definition) is 0. The molecule has 0 aromatic heterocycles. The molecule has 0 unspecified atom stereocenters. The van der Waals surface area contributed by atoms with Gasteiger partial charge in [0.1, 0.15) is 0 Å². The summed E-state index contributed by atoms with van der Waals surface area (Å²) >= 11 is 0. The molecule has 0 aromatic rings. The summed E-state index contributed by atoms with van der Waals surface area (Å²) in [6, 6.07) is 0. The Balaban J connectivity index is 2.92. The molecule has 0 N–H and O–H groups in total. The van der Waals surface area contributed by atoms with Gasteiger partial charge in [-0.2, -0.15) is 0 Å². The lowest BCUT2D eigenvalue weighted by Gasteiger charge is -2.46. The average molecular weight is 224 g/mol. The van der Waals surface area contributed by atoms with E-state index < -0.39 is 32.2 Å². The van der Waals surface area contributed by atoms with Crippen LogP contribution in [0.15, 0.2) is 0 Å². The molecule has 0 aliphatic carbocycles. The van der Waals surface area contributed by atoms with Gasteiger partial charge in [0.25, 0.3) is 0 Å². The van der Waals surface area contributed by atoms with Crippen molar-refractivity contribution in [2.75, 3.05) is 0 Å². The fourth-order valence-electron chi connectivity index (χ4n) is 1.63. The summed E-state index contributed by atoms with van der Waals surface area (Å²) < 4.78 is 32.3. The molecular weight excluding hydrogens is 204 g/mol. The standard InChI is InChI=1S/C6H18O3Si3/c1-10(2)7-11(3,4)9-12(5,6)8-10/h1-6H3/i1D2. The first-order chi connectivity index (χ1) is 6.06. The summed E-state index contributed by atoms with van der Waals surface area (Å²) in [5, 5.41) is 0. The second-order valence-electron chi connectivity index (χ2n) is 4.12. The van der Waals surface area contributed by atoms with E-state index >= 15 is 0 Å². The van der Waals surface area contributed by atoms with Crippen LogP contribution in [-0.4, -0.2) is 25.7 Å². The molecule has 72 valence electrons. The topological polar surface area (TPSA) is 27.7 Å². The summed E-state index contributed by atoms with van der Waals surface area (Å²) in [7, 11) is -6.98. The van der Waals surface area contributed by atoms with Gasteiger partial charge in [0.15, 0.2) is 0 Å². The van der Waals surface area contributed by atoms with E-state index in [2.05, 4.69) is 0 Å². The fraction of sp³-hybridized carbons (Fsp3) is 1.00. The third-order valence-corrected chi connectivity index (χ3v) is 12.5. The highest BCUT2D eigenvalue weighted by atomic mass is 28.5.